The topological polar surface area (TPSA) is 69.0 Å². The van der Waals surface area contributed by atoms with Gasteiger partial charge in [0.05, 0.1) is 12.0 Å². The van der Waals surface area contributed by atoms with Gasteiger partial charge in [0.1, 0.15) is 28.3 Å². The number of thiazole rings is 1. The maximum Gasteiger partial charge on any atom is 0.271 e. The van der Waals surface area contributed by atoms with Gasteiger partial charge in [0.25, 0.3) is 5.91 Å². The summed E-state index contributed by atoms with van der Waals surface area (Å²) in [6.07, 6.45) is 3.57. The molecule has 0 aliphatic carbocycles. The number of aryl methyl sites for hydroxylation is 1. The molecule has 6 nitrogen and oxygen atoms in total. The zero-order valence-electron chi connectivity index (χ0n) is 15.6. The van der Waals surface area contributed by atoms with Crippen molar-refractivity contribution in [2.75, 3.05) is 7.11 Å². The predicted molar refractivity (Wildman–Crippen MR) is 119 cm³/mol. The van der Waals surface area contributed by atoms with Crippen LogP contribution >= 0.6 is 38.6 Å². The van der Waals surface area contributed by atoms with Crippen LogP contribution in [-0.4, -0.2) is 27.6 Å². The molecule has 9 heteroatoms. The van der Waals surface area contributed by atoms with Crippen LogP contribution in [0.1, 0.15) is 27.9 Å². The van der Waals surface area contributed by atoms with Crippen molar-refractivity contribution in [3.05, 3.63) is 75.0 Å². The molecule has 0 radical (unpaired) electrons. The lowest BCUT2D eigenvalue weighted by Gasteiger charge is -2.19. The number of ether oxygens (including phenoxy) is 1. The molecule has 1 aromatic carbocycles. The van der Waals surface area contributed by atoms with Crippen LogP contribution < -0.4 is 10.1 Å². The number of methoxy groups -OCH3 is 1. The van der Waals surface area contributed by atoms with Gasteiger partial charge in [-0.2, -0.15) is 0 Å². The van der Waals surface area contributed by atoms with Gasteiger partial charge < -0.3 is 14.6 Å². The molecule has 0 saturated heterocycles. The molecule has 0 aliphatic rings. The highest BCUT2D eigenvalue weighted by Gasteiger charge is 2.23. The van der Waals surface area contributed by atoms with Gasteiger partial charge >= 0.3 is 0 Å². The highest BCUT2D eigenvalue weighted by atomic mass is 79.9. The fourth-order valence-electron chi connectivity index (χ4n) is 2.87. The Hall–Kier alpha value is -2.49. The summed E-state index contributed by atoms with van der Waals surface area (Å²) in [4.78, 5) is 23.0. The first kappa shape index (κ1) is 19.8. The monoisotopic (exact) mass is 488 g/mol. The zero-order chi connectivity index (χ0) is 20.4. The van der Waals surface area contributed by atoms with E-state index in [4.69, 9.17) is 4.74 Å². The van der Waals surface area contributed by atoms with E-state index < -0.39 is 6.04 Å². The first-order valence-electron chi connectivity index (χ1n) is 8.67. The van der Waals surface area contributed by atoms with E-state index in [0.717, 1.165) is 31.5 Å². The maximum absolute atomic E-state index is 13.0. The number of imidazole rings is 1. The highest BCUT2D eigenvalue weighted by Crippen LogP contribution is 2.32. The van der Waals surface area contributed by atoms with Crippen LogP contribution in [0.25, 0.3) is 9.88 Å². The minimum Gasteiger partial charge on any atom is -0.497 e. The van der Waals surface area contributed by atoms with Crippen molar-refractivity contribution in [2.24, 2.45) is 7.05 Å². The lowest BCUT2D eigenvalue weighted by molar-refractivity contribution is 0.0937. The third kappa shape index (κ3) is 4.26. The van der Waals surface area contributed by atoms with Crippen molar-refractivity contribution in [1.82, 2.24) is 19.9 Å². The molecule has 1 unspecified atom stereocenters. The van der Waals surface area contributed by atoms with Gasteiger partial charge in [-0.25, -0.2) is 9.97 Å². The molecule has 0 spiro atoms. The molecular formula is C20H17BrN4O2S2. The summed E-state index contributed by atoms with van der Waals surface area (Å²) in [5, 5.41) is 7.68. The molecule has 29 heavy (non-hydrogen) atoms. The van der Waals surface area contributed by atoms with Crippen LogP contribution in [0.2, 0.25) is 0 Å². The van der Waals surface area contributed by atoms with E-state index in [-0.39, 0.29) is 5.91 Å². The normalized spacial score (nSPS) is 12.0. The number of hydrogen-bond donors (Lipinski definition) is 1. The predicted octanol–water partition coefficient (Wildman–Crippen LogP) is 4.90. The van der Waals surface area contributed by atoms with Gasteiger partial charge in [-0.05, 0) is 39.7 Å². The fourth-order valence-corrected chi connectivity index (χ4v) is 5.18. The Labute approximate surface area is 184 Å². The number of thiophene rings is 1. The second kappa shape index (κ2) is 8.48. The maximum atomic E-state index is 13.0. The molecule has 3 heterocycles. The van der Waals surface area contributed by atoms with Crippen molar-refractivity contribution >= 4 is 44.5 Å². The van der Waals surface area contributed by atoms with E-state index in [1.54, 1.807) is 30.0 Å². The molecule has 1 amide bonds. The minimum atomic E-state index is -0.408. The Balaban J connectivity index is 1.61. The van der Waals surface area contributed by atoms with Gasteiger partial charge in [0.15, 0.2) is 0 Å². The molecule has 0 saturated carbocycles. The number of nitrogens with one attached hydrogen (secondary N) is 1. The van der Waals surface area contributed by atoms with Crippen molar-refractivity contribution in [2.45, 2.75) is 6.04 Å². The summed E-state index contributed by atoms with van der Waals surface area (Å²) < 4.78 is 8.14. The summed E-state index contributed by atoms with van der Waals surface area (Å²) in [5.74, 6) is 1.25. The summed E-state index contributed by atoms with van der Waals surface area (Å²) in [6.45, 7) is 0. The Morgan fingerprint density at radius 3 is 2.66 bits per heavy atom. The number of carbonyl (C=O) groups is 1. The molecule has 1 atom stereocenters. The summed E-state index contributed by atoms with van der Waals surface area (Å²) >= 11 is 6.49. The van der Waals surface area contributed by atoms with Gasteiger partial charge in [-0.3, -0.25) is 4.79 Å². The Kier molecular flexibility index (Phi) is 5.79. The van der Waals surface area contributed by atoms with E-state index in [1.807, 2.05) is 53.5 Å². The first-order chi connectivity index (χ1) is 14.0. The molecular weight excluding hydrogens is 472 g/mol. The van der Waals surface area contributed by atoms with E-state index >= 15 is 0 Å². The Bertz CT molecular complexity index is 1130. The molecule has 4 aromatic rings. The SMILES string of the molecule is COc1ccc(C(NC(=O)c2csc(-c3cc(Br)cs3)n2)c2nccn2C)cc1. The molecule has 4 rings (SSSR count). The number of hydrogen-bond acceptors (Lipinski definition) is 6. The number of benzene rings is 1. The Morgan fingerprint density at radius 1 is 1.24 bits per heavy atom. The molecule has 0 aliphatic heterocycles. The minimum absolute atomic E-state index is 0.244. The van der Waals surface area contributed by atoms with E-state index in [1.165, 1.54) is 11.3 Å². The van der Waals surface area contributed by atoms with Crippen LogP contribution in [-0.2, 0) is 7.05 Å². The molecule has 0 bridgehead atoms. The summed E-state index contributed by atoms with van der Waals surface area (Å²) in [5.41, 5.74) is 1.30. The van der Waals surface area contributed by atoms with Gasteiger partial charge in [0.2, 0.25) is 0 Å². The number of nitrogens with zero attached hydrogens (tertiary/aromatic N) is 3. The first-order valence-corrected chi connectivity index (χ1v) is 11.2. The quantitative estimate of drug-likeness (QED) is 0.419. The lowest BCUT2D eigenvalue weighted by Crippen LogP contribution is -2.31. The fraction of sp³-hybridized carbons (Fsp3) is 0.150. The summed E-state index contributed by atoms with van der Waals surface area (Å²) in [7, 11) is 3.53. The molecule has 0 fully saturated rings. The van der Waals surface area contributed by atoms with Crippen molar-refractivity contribution < 1.29 is 9.53 Å². The van der Waals surface area contributed by atoms with E-state index in [0.29, 0.717) is 5.69 Å². The smallest absolute Gasteiger partial charge is 0.271 e. The molecule has 3 aromatic heterocycles. The van der Waals surface area contributed by atoms with Crippen LogP contribution in [0.5, 0.6) is 5.75 Å². The number of amides is 1. The van der Waals surface area contributed by atoms with Crippen molar-refractivity contribution in [1.29, 1.82) is 0 Å². The third-order valence-corrected chi connectivity index (χ3v) is 7.06. The van der Waals surface area contributed by atoms with Gasteiger partial charge in [0, 0.05) is 34.7 Å². The number of aromatic nitrogens is 3. The highest BCUT2D eigenvalue weighted by molar-refractivity contribution is 9.10. The average Bonchev–Trinajstić information content (AvgIpc) is 3.47. The average molecular weight is 489 g/mol. The largest absolute Gasteiger partial charge is 0.497 e. The van der Waals surface area contributed by atoms with Crippen LogP contribution in [0.15, 0.2) is 58.0 Å². The molecule has 1 N–H and O–H groups in total. The lowest BCUT2D eigenvalue weighted by atomic mass is 10.1. The zero-order valence-corrected chi connectivity index (χ0v) is 18.8. The third-order valence-electron chi connectivity index (χ3n) is 4.36. The van der Waals surface area contributed by atoms with Gasteiger partial charge in [-0.1, -0.05) is 12.1 Å². The number of rotatable bonds is 6. The van der Waals surface area contributed by atoms with Gasteiger partial charge in [-0.15, -0.1) is 22.7 Å². The van der Waals surface area contributed by atoms with E-state index in [2.05, 4.69) is 31.2 Å². The second-order valence-corrected chi connectivity index (χ2v) is 8.93. The standard InChI is InChI=1S/C20H17BrN4O2S2/c1-25-8-7-22-18(25)17(12-3-5-14(27-2)6-4-12)24-19(26)15-11-29-20(23-15)16-9-13(21)10-28-16/h3-11,17H,1-2H3,(H,24,26). The van der Waals surface area contributed by atoms with Crippen LogP contribution in [0.3, 0.4) is 0 Å². The van der Waals surface area contributed by atoms with Crippen molar-refractivity contribution in [3.8, 4) is 15.6 Å². The van der Waals surface area contributed by atoms with Crippen LogP contribution in [0.4, 0.5) is 0 Å². The summed E-state index contributed by atoms with van der Waals surface area (Å²) in [6, 6.07) is 9.18. The molecule has 148 valence electrons. The Morgan fingerprint density at radius 2 is 2.03 bits per heavy atom. The van der Waals surface area contributed by atoms with Crippen LogP contribution in [0, 0.1) is 0 Å². The van der Waals surface area contributed by atoms with E-state index in [9.17, 15) is 4.79 Å². The van der Waals surface area contributed by atoms with Crippen molar-refractivity contribution in [3.63, 3.8) is 0 Å². The number of halogens is 1. The second-order valence-electron chi connectivity index (χ2n) is 6.24. The number of carbonyl (C=O) groups excluding carboxylic acids is 1.